The molecule has 1 N–H and O–H groups in total. The molecule has 1 aromatic rings. The number of rotatable bonds is 8. The summed E-state index contributed by atoms with van der Waals surface area (Å²) in [6, 6.07) is 10.1. The highest BCUT2D eigenvalue weighted by atomic mass is 16.5. The normalized spacial score (nSPS) is 13.4. The van der Waals surface area contributed by atoms with Crippen molar-refractivity contribution in [3.05, 3.63) is 24.3 Å². The van der Waals surface area contributed by atoms with E-state index in [4.69, 9.17) is 4.74 Å². The van der Waals surface area contributed by atoms with Gasteiger partial charge in [-0.25, -0.2) is 0 Å². The molecule has 0 aliphatic carbocycles. The topological polar surface area (TPSA) is 45.0 Å². The van der Waals surface area contributed by atoms with Gasteiger partial charge < -0.3 is 10.1 Å². The standard InChI is InChI=1S/C16H24N2O/c1-4-5-6-7-11-16(2,13-17)18-14-9-8-10-15(12-14)19-3/h8-10,12,18H,4-7,11H2,1-3H3. The molecule has 0 bridgehead atoms. The highest BCUT2D eigenvalue weighted by molar-refractivity contribution is 5.51. The number of hydrogen-bond acceptors (Lipinski definition) is 3. The molecule has 0 spiro atoms. The van der Waals surface area contributed by atoms with Gasteiger partial charge >= 0.3 is 0 Å². The lowest BCUT2D eigenvalue weighted by molar-refractivity contribution is 0.415. The number of methoxy groups -OCH3 is 1. The number of nitrogens with one attached hydrogen (secondary N) is 1. The number of unbranched alkanes of at least 4 members (excludes halogenated alkanes) is 3. The quantitative estimate of drug-likeness (QED) is 0.706. The molecule has 0 heterocycles. The predicted molar refractivity (Wildman–Crippen MR) is 79.4 cm³/mol. The summed E-state index contributed by atoms with van der Waals surface area (Å²) in [6.45, 7) is 4.15. The summed E-state index contributed by atoms with van der Waals surface area (Å²) in [4.78, 5) is 0. The highest BCUT2D eigenvalue weighted by Crippen LogP contribution is 2.24. The molecular formula is C16H24N2O. The largest absolute Gasteiger partial charge is 0.497 e. The van der Waals surface area contributed by atoms with Crippen molar-refractivity contribution in [2.24, 2.45) is 0 Å². The summed E-state index contributed by atoms with van der Waals surface area (Å²) in [5.74, 6) is 0.802. The van der Waals surface area contributed by atoms with Gasteiger partial charge in [0.2, 0.25) is 0 Å². The third-order valence-electron chi connectivity index (χ3n) is 3.27. The van der Waals surface area contributed by atoms with Crippen LogP contribution in [0.4, 0.5) is 5.69 Å². The number of benzene rings is 1. The van der Waals surface area contributed by atoms with Crippen molar-refractivity contribution in [2.45, 2.75) is 51.5 Å². The average Bonchev–Trinajstić information content (AvgIpc) is 2.44. The summed E-state index contributed by atoms with van der Waals surface area (Å²) < 4.78 is 5.19. The lowest BCUT2D eigenvalue weighted by atomic mass is 9.95. The fraction of sp³-hybridized carbons (Fsp3) is 0.562. The van der Waals surface area contributed by atoms with Crippen molar-refractivity contribution < 1.29 is 4.74 Å². The van der Waals surface area contributed by atoms with Gasteiger partial charge in [-0.15, -0.1) is 0 Å². The fourth-order valence-electron chi connectivity index (χ4n) is 2.07. The molecule has 0 aliphatic heterocycles. The minimum atomic E-state index is -0.514. The van der Waals surface area contributed by atoms with Crippen LogP contribution < -0.4 is 10.1 Å². The second kappa shape index (κ2) is 7.68. The SMILES string of the molecule is CCCCCCC(C)(C#N)Nc1cccc(OC)c1. The first kappa shape index (κ1) is 15.4. The van der Waals surface area contributed by atoms with Crippen molar-refractivity contribution in [1.82, 2.24) is 0 Å². The average molecular weight is 260 g/mol. The van der Waals surface area contributed by atoms with Gasteiger partial charge in [-0.1, -0.05) is 38.7 Å². The molecule has 0 saturated carbocycles. The molecule has 0 aromatic heterocycles. The third-order valence-corrected chi connectivity index (χ3v) is 3.27. The number of nitriles is 1. The van der Waals surface area contributed by atoms with Gasteiger partial charge in [0.05, 0.1) is 13.2 Å². The minimum Gasteiger partial charge on any atom is -0.497 e. The Morgan fingerprint density at radius 3 is 2.74 bits per heavy atom. The van der Waals surface area contributed by atoms with E-state index in [0.29, 0.717) is 0 Å². The van der Waals surface area contributed by atoms with Crippen LogP contribution in [-0.4, -0.2) is 12.6 Å². The van der Waals surface area contributed by atoms with Gasteiger partial charge in [0.1, 0.15) is 11.3 Å². The van der Waals surface area contributed by atoms with Crippen molar-refractivity contribution >= 4 is 5.69 Å². The molecule has 104 valence electrons. The smallest absolute Gasteiger partial charge is 0.122 e. The summed E-state index contributed by atoms with van der Waals surface area (Å²) in [5, 5.41) is 12.7. The van der Waals surface area contributed by atoms with Crippen LogP contribution in [0.1, 0.15) is 46.0 Å². The summed E-state index contributed by atoms with van der Waals surface area (Å²) in [5.41, 5.74) is 0.416. The zero-order valence-electron chi connectivity index (χ0n) is 12.2. The van der Waals surface area contributed by atoms with Gasteiger partial charge in [0.25, 0.3) is 0 Å². The maximum absolute atomic E-state index is 9.39. The second-order valence-corrected chi connectivity index (χ2v) is 5.11. The van der Waals surface area contributed by atoms with Crippen molar-refractivity contribution in [3.63, 3.8) is 0 Å². The number of anilines is 1. The van der Waals surface area contributed by atoms with Crippen LogP contribution in [0.3, 0.4) is 0 Å². The maximum Gasteiger partial charge on any atom is 0.122 e. The van der Waals surface area contributed by atoms with E-state index in [2.05, 4.69) is 18.3 Å². The Labute approximate surface area is 116 Å². The predicted octanol–water partition coefficient (Wildman–Crippen LogP) is 4.36. The van der Waals surface area contributed by atoms with E-state index in [0.717, 1.165) is 24.3 Å². The first-order valence-electron chi connectivity index (χ1n) is 6.97. The summed E-state index contributed by atoms with van der Waals surface area (Å²) >= 11 is 0. The van der Waals surface area contributed by atoms with Crippen LogP contribution in [0.5, 0.6) is 5.75 Å². The maximum atomic E-state index is 9.39. The Bertz CT molecular complexity index is 425. The van der Waals surface area contributed by atoms with Gasteiger partial charge in [-0.2, -0.15) is 5.26 Å². The Kier molecular flexibility index (Phi) is 6.21. The third kappa shape index (κ3) is 5.21. The molecule has 3 nitrogen and oxygen atoms in total. The molecule has 0 aliphatic rings. The fourth-order valence-corrected chi connectivity index (χ4v) is 2.07. The molecule has 0 saturated heterocycles. The van der Waals surface area contributed by atoms with Crippen LogP contribution in [0.25, 0.3) is 0 Å². The van der Waals surface area contributed by atoms with Gasteiger partial charge in [-0.3, -0.25) is 0 Å². The van der Waals surface area contributed by atoms with E-state index in [9.17, 15) is 5.26 Å². The summed E-state index contributed by atoms with van der Waals surface area (Å²) in [6.07, 6.45) is 5.58. The van der Waals surface area contributed by atoms with E-state index in [-0.39, 0.29) is 0 Å². The van der Waals surface area contributed by atoms with Gasteiger partial charge in [0, 0.05) is 11.8 Å². The lowest BCUT2D eigenvalue weighted by Crippen LogP contribution is -2.32. The first-order chi connectivity index (χ1) is 9.13. The zero-order chi connectivity index (χ0) is 14.1. The molecule has 1 atom stereocenters. The molecule has 19 heavy (non-hydrogen) atoms. The molecule has 1 unspecified atom stereocenters. The molecule has 3 heteroatoms. The van der Waals surface area contributed by atoms with Gasteiger partial charge in [0.15, 0.2) is 0 Å². The Morgan fingerprint density at radius 2 is 2.11 bits per heavy atom. The number of nitrogens with zero attached hydrogens (tertiary/aromatic N) is 1. The molecule has 1 aromatic carbocycles. The van der Waals surface area contributed by atoms with E-state index < -0.39 is 5.54 Å². The molecule has 0 amide bonds. The van der Waals surface area contributed by atoms with Gasteiger partial charge in [-0.05, 0) is 25.5 Å². The molecule has 0 fully saturated rings. The highest BCUT2D eigenvalue weighted by Gasteiger charge is 2.22. The van der Waals surface area contributed by atoms with E-state index in [1.54, 1.807) is 7.11 Å². The van der Waals surface area contributed by atoms with Crippen molar-refractivity contribution in [1.29, 1.82) is 5.26 Å². The van der Waals surface area contributed by atoms with E-state index in [1.165, 1.54) is 19.3 Å². The monoisotopic (exact) mass is 260 g/mol. The Balaban J connectivity index is 2.61. The Morgan fingerprint density at radius 1 is 1.32 bits per heavy atom. The van der Waals surface area contributed by atoms with Crippen LogP contribution >= 0.6 is 0 Å². The minimum absolute atomic E-state index is 0.514. The second-order valence-electron chi connectivity index (χ2n) is 5.11. The lowest BCUT2D eigenvalue weighted by Gasteiger charge is -2.24. The summed E-state index contributed by atoms with van der Waals surface area (Å²) in [7, 11) is 1.65. The van der Waals surface area contributed by atoms with Crippen LogP contribution in [-0.2, 0) is 0 Å². The number of hydrogen-bond donors (Lipinski definition) is 1. The first-order valence-corrected chi connectivity index (χ1v) is 6.97. The zero-order valence-corrected chi connectivity index (χ0v) is 12.2. The van der Waals surface area contributed by atoms with Crippen molar-refractivity contribution in [2.75, 3.05) is 12.4 Å². The molecular weight excluding hydrogens is 236 g/mol. The van der Waals surface area contributed by atoms with Crippen LogP contribution in [0, 0.1) is 11.3 Å². The molecule has 0 radical (unpaired) electrons. The van der Waals surface area contributed by atoms with Crippen molar-refractivity contribution in [3.8, 4) is 11.8 Å². The van der Waals surface area contributed by atoms with Crippen LogP contribution in [0.15, 0.2) is 24.3 Å². The van der Waals surface area contributed by atoms with E-state index >= 15 is 0 Å². The number of ether oxygens (including phenoxy) is 1. The van der Waals surface area contributed by atoms with E-state index in [1.807, 2.05) is 31.2 Å². The molecule has 1 rings (SSSR count). The van der Waals surface area contributed by atoms with Crippen LogP contribution in [0.2, 0.25) is 0 Å². The Hall–Kier alpha value is -1.69.